The standard InChI is InChI=1S/C28H46N2O3.BrH/c1-9-28(33,10-2)14-11-12-19-13-15-30(25(19)29)18-23(31)20-16-21(26(3,4)5)24(32)22(17-20)27(6,7)8;/h16-17,19,29,32-33H,9-15,18H2,1-8H3;1H. The molecule has 0 saturated carbocycles. The Morgan fingerprint density at radius 1 is 1.06 bits per heavy atom. The minimum Gasteiger partial charge on any atom is -0.507 e. The third-order valence-corrected chi connectivity index (χ3v) is 7.37. The molecule has 1 heterocycles. The molecule has 194 valence electrons. The normalized spacial score (nSPS) is 17.1. The summed E-state index contributed by atoms with van der Waals surface area (Å²) in [5.41, 5.74) is 1.01. The highest BCUT2D eigenvalue weighted by Crippen LogP contribution is 2.40. The van der Waals surface area contributed by atoms with Crippen molar-refractivity contribution < 1.29 is 15.0 Å². The maximum absolute atomic E-state index is 13.3. The van der Waals surface area contributed by atoms with Crippen LogP contribution in [0.3, 0.4) is 0 Å². The number of likely N-dealkylation sites (tertiary alicyclic amines) is 1. The average molecular weight is 540 g/mol. The molecule has 1 unspecified atom stereocenters. The Kier molecular flexibility index (Phi) is 10.4. The molecule has 6 heteroatoms. The van der Waals surface area contributed by atoms with E-state index >= 15 is 0 Å². The van der Waals surface area contributed by atoms with Gasteiger partial charge in [-0.2, -0.15) is 0 Å². The van der Waals surface area contributed by atoms with Gasteiger partial charge < -0.3 is 15.1 Å². The van der Waals surface area contributed by atoms with E-state index in [-0.39, 0.29) is 51.8 Å². The van der Waals surface area contributed by atoms with E-state index in [2.05, 4.69) is 0 Å². The fourth-order valence-electron chi connectivity index (χ4n) is 4.76. The van der Waals surface area contributed by atoms with Crippen LogP contribution in [0.1, 0.15) is 115 Å². The fourth-order valence-corrected chi connectivity index (χ4v) is 4.76. The Hall–Kier alpha value is -1.40. The van der Waals surface area contributed by atoms with Gasteiger partial charge in [-0.05, 0) is 61.5 Å². The topological polar surface area (TPSA) is 84.6 Å². The first-order valence-corrected chi connectivity index (χ1v) is 12.6. The number of rotatable bonds is 9. The van der Waals surface area contributed by atoms with Crippen molar-refractivity contribution in [2.75, 3.05) is 13.1 Å². The summed E-state index contributed by atoms with van der Waals surface area (Å²) in [6.07, 6.45) is 4.94. The number of halogens is 1. The summed E-state index contributed by atoms with van der Waals surface area (Å²) in [5, 5.41) is 30.1. The minimum atomic E-state index is -0.592. The van der Waals surface area contributed by atoms with Gasteiger partial charge in [-0.15, -0.1) is 17.0 Å². The van der Waals surface area contributed by atoms with Crippen molar-refractivity contribution in [3.8, 4) is 5.75 Å². The zero-order chi connectivity index (χ0) is 25.2. The van der Waals surface area contributed by atoms with Gasteiger partial charge in [0.2, 0.25) is 0 Å². The van der Waals surface area contributed by atoms with E-state index in [0.717, 1.165) is 56.2 Å². The first-order valence-electron chi connectivity index (χ1n) is 12.6. The number of amidine groups is 1. The van der Waals surface area contributed by atoms with Gasteiger partial charge >= 0.3 is 0 Å². The van der Waals surface area contributed by atoms with E-state index in [1.54, 1.807) is 0 Å². The predicted molar refractivity (Wildman–Crippen MR) is 147 cm³/mol. The summed E-state index contributed by atoms with van der Waals surface area (Å²) in [7, 11) is 0. The number of Topliss-reactive ketones (excluding diaryl/α,β-unsaturated/α-hetero) is 1. The van der Waals surface area contributed by atoms with Crippen LogP contribution in [0.25, 0.3) is 0 Å². The Morgan fingerprint density at radius 3 is 2.00 bits per heavy atom. The number of benzene rings is 1. The second kappa shape index (κ2) is 11.6. The zero-order valence-electron chi connectivity index (χ0n) is 22.5. The number of aromatic hydroxyl groups is 1. The quantitative estimate of drug-likeness (QED) is 0.303. The molecule has 0 bridgehead atoms. The van der Waals surface area contributed by atoms with E-state index in [1.165, 1.54) is 0 Å². The van der Waals surface area contributed by atoms with Crippen LogP contribution in [0.4, 0.5) is 0 Å². The smallest absolute Gasteiger partial charge is 0.182 e. The first kappa shape index (κ1) is 30.6. The second-order valence-electron chi connectivity index (χ2n) is 12.0. The van der Waals surface area contributed by atoms with Gasteiger partial charge in [0.05, 0.1) is 18.0 Å². The highest BCUT2D eigenvalue weighted by Gasteiger charge is 2.32. The van der Waals surface area contributed by atoms with Crippen molar-refractivity contribution in [1.29, 1.82) is 5.41 Å². The van der Waals surface area contributed by atoms with Crippen molar-refractivity contribution in [3.63, 3.8) is 0 Å². The summed E-state index contributed by atoms with van der Waals surface area (Å²) < 4.78 is 0. The van der Waals surface area contributed by atoms with Crippen molar-refractivity contribution in [1.82, 2.24) is 4.90 Å². The van der Waals surface area contributed by atoms with E-state index in [4.69, 9.17) is 5.41 Å². The number of phenols is 1. The number of aliphatic hydroxyl groups is 1. The Morgan fingerprint density at radius 2 is 1.56 bits per heavy atom. The number of nitrogens with zero attached hydrogens (tertiary/aromatic N) is 1. The molecule has 1 fully saturated rings. The number of hydrogen-bond donors (Lipinski definition) is 3. The molecule has 1 saturated heterocycles. The molecule has 0 spiro atoms. The molecule has 3 N–H and O–H groups in total. The molecule has 34 heavy (non-hydrogen) atoms. The Balaban J connectivity index is 0.00000578. The minimum absolute atomic E-state index is 0. The lowest BCUT2D eigenvalue weighted by molar-refractivity contribution is 0.0207. The summed E-state index contributed by atoms with van der Waals surface area (Å²) in [6, 6.07) is 3.67. The summed E-state index contributed by atoms with van der Waals surface area (Å²) in [6.45, 7) is 17.2. The van der Waals surface area contributed by atoms with Crippen LogP contribution in [0.2, 0.25) is 0 Å². The number of carbonyl (C=O) groups is 1. The number of carbonyl (C=O) groups excluding carboxylic acids is 1. The molecular weight excluding hydrogens is 492 g/mol. The first-order chi connectivity index (χ1) is 15.1. The lowest BCUT2D eigenvalue weighted by Crippen LogP contribution is -2.33. The maximum Gasteiger partial charge on any atom is 0.182 e. The van der Waals surface area contributed by atoms with Crippen molar-refractivity contribution in [3.05, 3.63) is 28.8 Å². The molecule has 0 amide bonds. The van der Waals surface area contributed by atoms with Crippen LogP contribution in [-0.2, 0) is 10.8 Å². The molecule has 1 aliphatic rings. The Bertz CT molecular complexity index is 828. The lowest BCUT2D eigenvalue weighted by Gasteiger charge is -2.28. The number of ketones is 1. The zero-order valence-corrected chi connectivity index (χ0v) is 24.3. The molecule has 0 radical (unpaired) electrons. The molecule has 5 nitrogen and oxygen atoms in total. The monoisotopic (exact) mass is 538 g/mol. The van der Waals surface area contributed by atoms with Gasteiger partial charge in [0, 0.05) is 29.2 Å². The molecule has 0 aliphatic carbocycles. The van der Waals surface area contributed by atoms with Crippen LogP contribution >= 0.6 is 17.0 Å². The molecule has 1 atom stereocenters. The third kappa shape index (κ3) is 7.30. The predicted octanol–water partition coefficient (Wildman–Crippen LogP) is 6.77. The van der Waals surface area contributed by atoms with E-state index in [9.17, 15) is 15.0 Å². The van der Waals surface area contributed by atoms with Gasteiger partial charge in [-0.1, -0.05) is 55.4 Å². The van der Waals surface area contributed by atoms with Crippen LogP contribution in [-0.4, -0.2) is 45.4 Å². The van der Waals surface area contributed by atoms with Gasteiger partial charge in [0.15, 0.2) is 5.78 Å². The molecule has 1 aromatic carbocycles. The molecule has 0 aromatic heterocycles. The number of nitrogens with one attached hydrogen (secondary N) is 1. The highest BCUT2D eigenvalue weighted by atomic mass is 79.9. The lowest BCUT2D eigenvalue weighted by atomic mass is 9.78. The molecular formula is C28H47BrN2O3. The summed E-state index contributed by atoms with van der Waals surface area (Å²) in [4.78, 5) is 15.2. The van der Waals surface area contributed by atoms with Gasteiger partial charge in [0.1, 0.15) is 5.75 Å². The van der Waals surface area contributed by atoms with Crippen LogP contribution in [0.15, 0.2) is 12.1 Å². The summed E-state index contributed by atoms with van der Waals surface area (Å²) in [5.74, 6) is 0.971. The highest BCUT2D eigenvalue weighted by molar-refractivity contribution is 8.93. The van der Waals surface area contributed by atoms with E-state index in [1.807, 2.05) is 72.4 Å². The Labute approximate surface area is 217 Å². The van der Waals surface area contributed by atoms with E-state index < -0.39 is 5.60 Å². The fraction of sp³-hybridized carbons (Fsp3) is 0.714. The van der Waals surface area contributed by atoms with Gasteiger partial charge in [0.25, 0.3) is 0 Å². The van der Waals surface area contributed by atoms with Gasteiger partial charge in [-0.25, -0.2) is 0 Å². The largest absolute Gasteiger partial charge is 0.507 e. The van der Waals surface area contributed by atoms with Gasteiger partial charge in [-0.3, -0.25) is 10.2 Å². The van der Waals surface area contributed by atoms with Crippen molar-refractivity contribution >= 4 is 28.6 Å². The molecule has 1 aromatic rings. The second-order valence-corrected chi connectivity index (χ2v) is 12.0. The van der Waals surface area contributed by atoms with Crippen LogP contribution in [0, 0.1) is 11.3 Å². The van der Waals surface area contributed by atoms with Crippen LogP contribution in [0.5, 0.6) is 5.75 Å². The van der Waals surface area contributed by atoms with Crippen molar-refractivity contribution in [2.24, 2.45) is 5.92 Å². The van der Waals surface area contributed by atoms with E-state index in [0.29, 0.717) is 11.4 Å². The average Bonchev–Trinajstić information content (AvgIpc) is 3.05. The van der Waals surface area contributed by atoms with Crippen LogP contribution < -0.4 is 0 Å². The molecule has 1 aliphatic heterocycles. The maximum atomic E-state index is 13.3. The van der Waals surface area contributed by atoms with Crippen molar-refractivity contribution in [2.45, 2.75) is 110 Å². The number of hydrogen-bond acceptors (Lipinski definition) is 4. The number of phenolic OH excluding ortho intramolecular Hbond substituents is 1. The summed E-state index contributed by atoms with van der Waals surface area (Å²) >= 11 is 0. The molecule has 2 rings (SSSR count). The SMILES string of the molecule is Br.CCC(O)(CC)CCCC1CCN(CC(=O)c2cc(C(C)(C)C)c(O)c(C(C)(C)C)c2)C1=N. The third-order valence-electron chi connectivity index (χ3n) is 7.37.